The Kier molecular flexibility index (Phi) is 11.2. The Labute approximate surface area is 245 Å². The van der Waals surface area contributed by atoms with Crippen molar-refractivity contribution in [3.63, 3.8) is 0 Å². The number of piperidine rings is 1. The van der Waals surface area contributed by atoms with E-state index in [1.165, 1.54) is 5.56 Å². The third kappa shape index (κ3) is 9.48. The average Bonchev–Trinajstić information content (AvgIpc) is 2.95. The summed E-state index contributed by atoms with van der Waals surface area (Å²) in [7, 11) is 0. The number of rotatable bonds is 12. The highest BCUT2D eigenvalue weighted by molar-refractivity contribution is 6.35. The highest BCUT2D eigenvalue weighted by Crippen LogP contribution is 2.22. The number of halogens is 2. The van der Waals surface area contributed by atoms with Gasteiger partial charge in [-0.3, -0.25) is 0 Å². The molecule has 1 heterocycles. The zero-order chi connectivity index (χ0) is 28.3. The number of aliphatic hydroxyl groups excluding tert-OH is 1. The van der Waals surface area contributed by atoms with Gasteiger partial charge in [-0.05, 0) is 85.5 Å². The molecule has 3 aromatic carbocycles. The number of nitrogens with one attached hydrogen (secondary N) is 3. The Hall–Kier alpha value is -3.17. The molecule has 1 saturated heterocycles. The number of ether oxygens (including phenoxy) is 1. The molecule has 0 saturated carbocycles. The van der Waals surface area contributed by atoms with Gasteiger partial charge in [0, 0.05) is 48.0 Å². The number of likely N-dealkylation sites (tertiary alicyclic amines) is 1. The SMILES string of the molecule is O=C(NCc1ccc(Cl)cc1Cl)N1CCC(Nc2ccc(CCNC[C@H](O)COc3ccc(O)cc3)cc2)CC1. The van der Waals surface area contributed by atoms with Gasteiger partial charge in [0.25, 0.3) is 0 Å². The summed E-state index contributed by atoms with van der Waals surface area (Å²) in [5.41, 5.74) is 3.11. The molecule has 2 amide bonds. The van der Waals surface area contributed by atoms with E-state index in [-0.39, 0.29) is 18.4 Å². The van der Waals surface area contributed by atoms with E-state index >= 15 is 0 Å². The highest BCUT2D eigenvalue weighted by Gasteiger charge is 2.22. The van der Waals surface area contributed by atoms with Crippen molar-refractivity contribution in [3.8, 4) is 11.5 Å². The lowest BCUT2D eigenvalue weighted by molar-refractivity contribution is 0.106. The van der Waals surface area contributed by atoms with Crippen molar-refractivity contribution < 1.29 is 19.7 Å². The number of nitrogens with zero attached hydrogens (tertiary/aromatic N) is 1. The monoisotopic (exact) mass is 586 g/mol. The number of hydrogen-bond donors (Lipinski definition) is 5. The van der Waals surface area contributed by atoms with Crippen molar-refractivity contribution in [3.05, 3.63) is 87.9 Å². The lowest BCUT2D eigenvalue weighted by Crippen LogP contribution is -2.46. The predicted molar refractivity (Wildman–Crippen MR) is 160 cm³/mol. The van der Waals surface area contributed by atoms with Gasteiger partial charge in [-0.1, -0.05) is 41.4 Å². The van der Waals surface area contributed by atoms with Gasteiger partial charge in [0.15, 0.2) is 0 Å². The van der Waals surface area contributed by atoms with Crippen LogP contribution in [0.4, 0.5) is 10.5 Å². The topological polar surface area (TPSA) is 106 Å². The Morgan fingerprint density at radius 3 is 2.45 bits per heavy atom. The number of benzene rings is 3. The number of carbonyl (C=O) groups excluding carboxylic acids is 1. The minimum atomic E-state index is -0.625. The fraction of sp³-hybridized carbons (Fsp3) is 0.367. The van der Waals surface area contributed by atoms with E-state index < -0.39 is 6.10 Å². The molecule has 0 aromatic heterocycles. The van der Waals surface area contributed by atoms with Crippen LogP contribution in [0.1, 0.15) is 24.0 Å². The van der Waals surface area contributed by atoms with Gasteiger partial charge >= 0.3 is 6.03 Å². The zero-order valence-corrected chi connectivity index (χ0v) is 23.8. The lowest BCUT2D eigenvalue weighted by Gasteiger charge is -2.33. The first-order valence-corrected chi connectivity index (χ1v) is 14.2. The quantitative estimate of drug-likeness (QED) is 0.190. The van der Waals surface area contributed by atoms with Crippen LogP contribution in [0.2, 0.25) is 10.0 Å². The molecule has 8 nitrogen and oxygen atoms in total. The second-order valence-corrected chi connectivity index (χ2v) is 10.8. The summed E-state index contributed by atoms with van der Waals surface area (Å²) in [4.78, 5) is 14.4. The number of aromatic hydroxyl groups is 1. The molecule has 10 heteroatoms. The van der Waals surface area contributed by atoms with Gasteiger partial charge in [0.05, 0.1) is 0 Å². The Morgan fingerprint density at radius 1 is 1.02 bits per heavy atom. The largest absolute Gasteiger partial charge is 0.508 e. The molecule has 5 N–H and O–H groups in total. The second-order valence-electron chi connectivity index (χ2n) is 9.91. The maximum atomic E-state index is 12.6. The fourth-order valence-corrected chi connectivity index (χ4v) is 4.95. The number of phenols is 1. The molecule has 0 radical (unpaired) electrons. The number of aliphatic hydroxyl groups is 1. The molecule has 0 unspecified atom stereocenters. The summed E-state index contributed by atoms with van der Waals surface area (Å²) in [6, 6.07) is 20.3. The average molecular weight is 588 g/mol. The first-order chi connectivity index (χ1) is 19.4. The molecular weight excluding hydrogens is 551 g/mol. The minimum absolute atomic E-state index is 0.0835. The van der Waals surface area contributed by atoms with Gasteiger partial charge in [0.2, 0.25) is 0 Å². The van der Waals surface area contributed by atoms with Crippen LogP contribution in [-0.4, -0.2) is 66.1 Å². The van der Waals surface area contributed by atoms with E-state index in [0.717, 1.165) is 37.1 Å². The van der Waals surface area contributed by atoms with Crippen molar-refractivity contribution in [2.24, 2.45) is 0 Å². The van der Waals surface area contributed by atoms with Crippen molar-refractivity contribution in [1.82, 2.24) is 15.5 Å². The van der Waals surface area contributed by atoms with Crippen LogP contribution in [0.25, 0.3) is 0 Å². The summed E-state index contributed by atoms with van der Waals surface area (Å²) >= 11 is 12.1. The van der Waals surface area contributed by atoms with Gasteiger partial charge in [-0.15, -0.1) is 0 Å². The van der Waals surface area contributed by atoms with E-state index in [1.807, 2.05) is 11.0 Å². The molecule has 40 heavy (non-hydrogen) atoms. The molecule has 4 rings (SSSR count). The van der Waals surface area contributed by atoms with Crippen molar-refractivity contribution in [2.45, 2.75) is 38.0 Å². The number of urea groups is 1. The molecule has 1 aliphatic heterocycles. The minimum Gasteiger partial charge on any atom is -0.508 e. The Balaban J connectivity index is 1.09. The molecule has 1 aliphatic rings. The Morgan fingerprint density at radius 2 is 1.75 bits per heavy atom. The van der Waals surface area contributed by atoms with Crippen LogP contribution in [-0.2, 0) is 13.0 Å². The van der Waals surface area contributed by atoms with Gasteiger partial charge < -0.3 is 35.8 Å². The molecule has 0 aliphatic carbocycles. The number of carbonyl (C=O) groups is 1. The smallest absolute Gasteiger partial charge is 0.317 e. The molecule has 0 spiro atoms. The standard InChI is InChI=1S/C30H36Cl2N4O4/c31-23-4-3-22(29(32)17-23)18-34-30(39)36-15-12-25(13-16-36)35-24-5-1-21(2-6-24)11-14-33-19-27(38)20-40-28-9-7-26(37)8-10-28/h1-10,17,25,27,33,35,37-38H,11-16,18-20H2,(H,34,39)/t27-/m0/s1. The fourth-order valence-electron chi connectivity index (χ4n) is 4.47. The molecule has 1 atom stereocenters. The number of anilines is 1. The van der Waals surface area contributed by atoms with E-state index in [9.17, 15) is 15.0 Å². The number of phenolic OH excluding ortho intramolecular Hbond substituents is 1. The Bertz CT molecular complexity index is 1220. The molecule has 0 bridgehead atoms. The summed E-state index contributed by atoms with van der Waals surface area (Å²) in [5, 5.41) is 30.3. The maximum absolute atomic E-state index is 12.6. The van der Waals surface area contributed by atoms with Crippen LogP contribution >= 0.6 is 23.2 Å². The van der Waals surface area contributed by atoms with Crippen LogP contribution in [0.5, 0.6) is 11.5 Å². The third-order valence-electron chi connectivity index (χ3n) is 6.80. The van der Waals surface area contributed by atoms with Crippen molar-refractivity contribution in [2.75, 3.05) is 38.1 Å². The first kappa shape index (κ1) is 29.8. The lowest BCUT2D eigenvalue weighted by atomic mass is 10.0. The van der Waals surface area contributed by atoms with Gasteiger partial charge in [-0.2, -0.15) is 0 Å². The summed E-state index contributed by atoms with van der Waals surface area (Å²) in [5.74, 6) is 0.788. The zero-order valence-electron chi connectivity index (χ0n) is 22.3. The summed E-state index contributed by atoms with van der Waals surface area (Å²) < 4.78 is 5.53. The summed E-state index contributed by atoms with van der Waals surface area (Å²) in [6.07, 6.45) is 1.97. The van der Waals surface area contributed by atoms with Crippen molar-refractivity contribution in [1.29, 1.82) is 0 Å². The van der Waals surface area contributed by atoms with E-state index in [2.05, 4.69) is 40.2 Å². The van der Waals surface area contributed by atoms with Crippen LogP contribution in [0.3, 0.4) is 0 Å². The maximum Gasteiger partial charge on any atom is 0.317 e. The highest BCUT2D eigenvalue weighted by atomic mass is 35.5. The van der Waals surface area contributed by atoms with E-state index in [4.69, 9.17) is 27.9 Å². The van der Waals surface area contributed by atoms with Crippen molar-refractivity contribution >= 4 is 34.9 Å². The first-order valence-electron chi connectivity index (χ1n) is 13.5. The molecular formula is C30H36Cl2N4O4. The van der Waals surface area contributed by atoms with Crippen LogP contribution in [0, 0.1) is 0 Å². The summed E-state index contributed by atoms with van der Waals surface area (Å²) in [6.45, 7) is 3.10. The normalized spacial score (nSPS) is 14.5. The number of hydrogen-bond acceptors (Lipinski definition) is 6. The van der Waals surface area contributed by atoms with Gasteiger partial charge in [-0.25, -0.2) is 4.79 Å². The third-order valence-corrected chi connectivity index (χ3v) is 7.39. The van der Waals surface area contributed by atoms with Crippen LogP contribution in [0.15, 0.2) is 66.7 Å². The molecule has 1 fully saturated rings. The molecule has 3 aromatic rings. The predicted octanol–water partition coefficient (Wildman–Crippen LogP) is 5.06. The van der Waals surface area contributed by atoms with E-state index in [1.54, 1.807) is 36.4 Å². The van der Waals surface area contributed by atoms with Gasteiger partial charge in [0.1, 0.15) is 24.2 Å². The second kappa shape index (κ2) is 15.0. The van der Waals surface area contributed by atoms with E-state index in [0.29, 0.717) is 48.0 Å². The van der Waals surface area contributed by atoms with Crippen LogP contribution < -0.4 is 20.7 Å². The number of amides is 2. The molecule has 214 valence electrons.